The molecule has 0 aliphatic carbocycles. The van der Waals surface area contributed by atoms with E-state index in [1.165, 1.54) is 19.9 Å². The number of Topliss-reactive ketones (excluding diaryl/α,β-unsaturated/α-hetero) is 1. The van der Waals surface area contributed by atoms with Gasteiger partial charge in [-0.1, -0.05) is 5.57 Å². The summed E-state index contributed by atoms with van der Waals surface area (Å²) in [7, 11) is 0. The summed E-state index contributed by atoms with van der Waals surface area (Å²) in [6.07, 6.45) is 0.423. The first-order valence-corrected chi connectivity index (χ1v) is 6.57. The van der Waals surface area contributed by atoms with Gasteiger partial charge in [-0.25, -0.2) is 4.79 Å². The van der Waals surface area contributed by atoms with Gasteiger partial charge in [0.1, 0.15) is 0 Å². The number of benzene rings is 1. The second-order valence-corrected chi connectivity index (χ2v) is 4.92. The molecule has 0 fully saturated rings. The Kier molecular flexibility index (Phi) is 5.84. The summed E-state index contributed by atoms with van der Waals surface area (Å²) in [6.45, 7) is 6.50. The quantitative estimate of drug-likeness (QED) is 0.514. The van der Waals surface area contributed by atoms with Gasteiger partial charge >= 0.3 is 5.97 Å². The van der Waals surface area contributed by atoms with E-state index in [4.69, 9.17) is 4.74 Å². The lowest BCUT2D eigenvalue weighted by Crippen LogP contribution is -2.29. The molecule has 0 heterocycles. The summed E-state index contributed by atoms with van der Waals surface area (Å²) in [5, 5.41) is 2.62. The van der Waals surface area contributed by atoms with Gasteiger partial charge in [0.25, 0.3) is 5.91 Å². The van der Waals surface area contributed by atoms with Crippen LogP contribution in [0.15, 0.2) is 35.9 Å². The highest BCUT2D eigenvalue weighted by molar-refractivity contribution is 5.97. The first-order valence-electron chi connectivity index (χ1n) is 6.57. The Morgan fingerprint density at radius 1 is 1.10 bits per heavy atom. The molecule has 0 saturated heterocycles. The lowest BCUT2D eigenvalue weighted by atomic mass is 10.1. The molecular weight excluding hydrogens is 270 g/mol. The van der Waals surface area contributed by atoms with Crippen LogP contribution in [0.4, 0.5) is 5.69 Å². The lowest BCUT2D eigenvalue weighted by molar-refractivity contribution is -0.148. The van der Waals surface area contributed by atoms with E-state index in [2.05, 4.69) is 5.32 Å². The molecule has 0 aliphatic rings. The zero-order valence-electron chi connectivity index (χ0n) is 12.6. The number of hydrogen-bond acceptors (Lipinski definition) is 4. The number of rotatable bonds is 5. The highest BCUT2D eigenvalue weighted by Gasteiger charge is 2.16. The predicted molar refractivity (Wildman–Crippen MR) is 80.1 cm³/mol. The number of allylic oxidation sites excluding steroid dienone is 1. The molecule has 0 spiro atoms. The molecule has 0 saturated carbocycles. The molecule has 1 amide bonds. The summed E-state index contributed by atoms with van der Waals surface area (Å²) in [4.78, 5) is 34.4. The van der Waals surface area contributed by atoms with Crippen molar-refractivity contribution in [1.82, 2.24) is 0 Å². The fraction of sp³-hybridized carbons (Fsp3) is 0.312. The molecule has 0 unspecified atom stereocenters. The SMILES string of the molecule is CC(=O)c1ccc(NC(=O)[C@@H](C)OC(=O)C=C(C)C)cc1. The molecule has 0 aromatic heterocycles. The van der Waals surface area contributed by atoms with Crippen LogP contribution in [0.25, 0.3) is 0 Å². The minimum Gasteiger partial charge on any atom is -0.449 e. The van der Waals surface area contributed by atoms with Crippen molar-refractivity contribution < 1.29 is 19.1 Å². The Morgan fingerprint density at radius 2 is 1.67 bits per heavy atom. The Bertz CT molecular complexity index is 568. The van der Waals surface area contributed by atoms with Crippen LogP contribution < -0.4 is 5.32 Å². The second-order valence-electron chi connectivity index (χ2n) is 4.92. The molecule has 1 aromatic rings. The third kappa shape index (κ3) is 5.60. The number of anilines is 1. The van der Waals surface area contributed by atoms with E-state index < -0.39 is 18.0 Å². The summed E-state index contributed by atoms with van der Waals surface area (Å²) < 4.78 is 4.98. The van der Waals surface area contributed by atoms with E-state index in [0.29, 0.717) is 11.3 Å². The number of nitrogens with one attached hydrogen (secondary N) is 1. The third-order valence-corrected chi connectivity index (χ3v) is 2.63. The van der Waals surface area contributed by atoms with Crippen molar-refractivity contribution in [2.45, 2.75) is 33.8 Å². The van der Waals surface area contributed by atoms with Gasteiger partial charge in [-0.2, -0.15) is 0 Å². The molecule has 5 heteroatoms. The van der Waals surface area contributed by atoms with Gasteiger partial charge in [-0.05, 0) is 52.0 Å². The molecule has 1 rings (SSSR count). The summed E-state index contributed by atoms with van der Waals surface area (Å²) in [5.74, 6) is -1.03. The maximum atomic E-state index is 11.9. The fourth-order valence-corrected chi connectivity index (χ4v) is 1.53. The zero-order chi connectivity index (χ0) is 16.0. The maximum absolute atomic E-state index is 11.9. The first kappa shape index (κ1) is 16.6. The molecule has 1 aromatic carbocycles. The molecule has 21 heavy (non-hydrogen) atoms. The Balaban J connectivity index is 2.61. The van der Waals surface area contributed by atoms with Crippen molar-refractivity contribution in [2.75, 3.05) is 5.32 Å². The van der Waals surface area contributed by atoms with Crippen LogP contribution in [0.5, 0.6) is 0 Å². The number of hydrogen-bond donors (Lipinski definition) is 1. The minimum atomic E-state index is -0.902. The van der Waals surface area contributed by atoms with E-state index in [-0.39, 0.29) is 5.78 Å². The maximum Gasteiger partial charge on any atom is 0.331 e. The van der Waals surface area contributed by atoms with Gasteiger partial charge in [-0.15, -0.1) is 0 Å². The molecule has 1 N–H and O–H groups in total. The number of amides is 1. The van der Waals surface area contributed by atoms with Crippen molar-refractivity contribution in [3.63, 3.8) is 0 Å². The van der Waals surface area contributed by atoms with Crippen LogP contribution >= 0.6 is 0 Å². The average Bonchev–Trinajstić information content (AvgIpc) is 2.38. The van der Waals surface area contributed by atoms with Gasteiger partial charge < -0.3 is 10.1 Å². The number of carbonyl (C=O) groups is 3. The van der Waals surface area contributed by atoms with E-state index in [1.807, 2.05) is 0 Å². The summed E-state index contributed by atoms with van der Waals surface area (Å²) >= 11 is 0. The molecule has 112 valence electrons. The van der Waals surface area contributed by atoms with Gasteiger partial charge in [0.05, 0.1) is 0 Å². The van der Waals surface area contributed by atoms with Crippen molar-refractivity contribution in [2.24, 2.45) is 0 Å². The summed E-state index contributed by atoms with van der Waals surface area (Å²) in [6, 6.07) is 6.49. The normalized spacial score (nSPS) is 11.2. The zero-order valence-corrected chi connectivity index (χ0v) is 12.6. The first-order chi connectivity index (χ1) is 9.79. The Labute approximate surface area is 124 Å². The van der Waals surface area contributed by atoms with Crippen LogP contribution in [0.2, 0.25) is 0 Å². The van der Waals surface area contributed by atoms with Gasteiger partial charge in [0.2, 0.25) is 0 Å². The van der Waals surface area contributed by atoms with Crippen LogP contribution in [-0.2, 0) is 14.3 Å². The predicted octanol–water partition coefficient (Wildman–Crippen LogP) is 2.73. The Hall–Kier alpha value is -2.43. The van der Waals surface area contributed by atoms with Crippen molar-refractivity contribution >= 4 is 23.3 Å². The topological polar surface area (TPSA) is 72.5 Å². The second kappa shape index (κ2) is 7.38. The highest BCUT2D eigenvalue weighted by atomic mass is 16.5. The molecule has 0 bridgehead atoms. The molecule has 5 nitrogen and oxygen atoms in total. The highest BCUT2D eigenvalue weighted by Crippen LogP contribution is 2.11. The van der Waals surface area contributed by atoms with Crippen LogP contribution in [0.1, 0.15) is 38.1 Å². The third-order valence-electron chi connectivity index (χ3n) is 2.63. The Morgan fingerprint density at radius 3 is 2.14 bits per heavy atom. The van der Waals surface area contributed by atoms with Crippen LogP contribution in [-0.4, -0.2) is 23.8 Å². The summed E-state index contributed by atoms with van der Waals surface area (Å²) in [5.41, 5.74) is 1.90. The van der Waals surface area contributed by atoms with Crippen LogP contribution in [0, 0.1) is 0 Å². The molecular formula is C16H19NO4. The average molecular weight is 289 g/mol. The van der Waals surface area contributed by atoms with E-state index >= 15 is 0 Å². The van der Waals surface area contributed by atoms with Gasteiger partial charge in [-0.3, -0.25) is 9.59 Å². The molecule has 0 radical (unpaired) electrons. The number of ketones is 1. The van der Waals surface area contributed by atoms with Gasteiger partial charge in [0.15, 0.2) is 11.9 Å². The number of esters is 1. The fourth-order valence-electron chi connectivity index (χ4n) is 1.53. The largest absolute Gasteiger partial charge is 0.449 e. The monoisotopic (exact) mass is 289 g/mol. The molecule has 0 aliphatic heterocycles. The van der Waals surface area contributed by atoms with Crippen molar-refractivity contribution in [3.05, 3.63) is 41.5 Å². The lowest BCUT2D eigenvalue weighted by Gasteiger charge is -2.12. The number of ether oxygens (including phenoxy) is 1. The van der Waals surface area contributed by atoms with E-state index in [1.54, 1.807) is 38.1 Å². The van der Waals surface area contributed by atoms with Crippen molar-refractivity contribution in [1.29, 1.82) is 0 Å². The van der Waals surface area contributed by atoms with E-state index in [0.717, 1.165) is 5.57 Å². The molecule has 1 atom stereocenters. The van der Waals surface area contributed by atoms with E-state index in [9.17, 15) is 14.4 Å². The smallest absolute Gasteiger partial charge is 0.331 e. The van der Waals surface area contributed by atoms with Crippen LogP contribution in [0.3, 0.4) is 0 Å². The van der Waals surface area contributed by atoms with Crippen molar-refractivity contribution in [3.8, 4) is 0 Å². The standard InChI is InChI=1S/C16H19NO4/c1-10(2)9-15(19)21-12(4)16(20)17-14-7-5-13(6-8-14)11(3)18/h5-9,12H,1-4H3,(H,17,20)/t12-/m1/s1. The minimum absolute atomic E-state index is 0.0445. The number of carbonyl (C=O) groups excluding carboxylic acids is 3. The van der Waals surface area contributed by atoms with Gasteiger partial charge in [0, 0.05) is 17.3 Å².